The van der Waals surface area contributed by atoms with Gasteiger partial charge in [-0.15, -0.1) is 0 Å². The molecule has 1 aromatic heterocycles. The van der Waals surface area contributed by atoms with E-state index in [4.69, 9.17) is 5.73 Å². The summed E-state index contributed by atoms with van der Waals surface area (Å²) in [5, 5.41) is 0. The normalized spacial score (nSPS) is 16.3. The van der Waals surface area contributed by atoms with E-state index in [1.54, 1.807) is 12.3 Å². The van der Waals surface area contributed by atoms with Gasteiger partial charge >= 0.3 is 0 Å². The van der Waals surface area contributed by atoms with Crippen LogP contribution in [0.15, 0.2) is 18.3 Å². The third kappa shape index (κ3) is 3.32. The van der Waals surface area contributed by atoms with Crippen molar-refractivity contribution in [2.24, 2.45) is 5.73 Å². The molecule has 1 aliphatic carbocycles. The average Bonchev–Trinajstić information content (AvgIpc) is 2.49. The molecule has 0 aromatic carbocycles. The van der Waals surface area contributed by atoms with Gasteiger partial charge in [-0.1, -0.05) is 19.3 Å². The van der Waals surface area contributed by atoms with Crippen LogP contribution in [0.4, 0.5) is 0 Å². The van der Waals surface area contributed by atoms with Crippen LogP contribution in [0.3, 0.4) is 0 Å². The van der Waals surface area contributed by atoms with Gasteiger partial charge < -0.3 is 10.6 Å². The number of amides is 1. The lowest BCUT2D eigenvalue weighted by Gasteiger charge is -2.33. The van der Waals surface area contributed by atoms with Crippen LogP contribution in [0.25, 0.3) is 0 Å². The maximum absolute atomic E-state index is 12.6. The number of pyridine rings is 1. The van der Waals surface area contributed by atoms with Crippen molar-refractivity contribution in [2.75, 3.05) is 6.54 Å². The Bertz CT molecular complexity index is 427. The van der Waals surface area contributed by atoms with Crippen LogP contribution < -0.4 is 5.73 Å². The van der Waals surface area contributed by atoms with Crippen molar-refractivity contribution in [3.63, 3.8) is 0 Å². The van der Waals surface area contributed by atoms with E-state index in [-0.39, 0.29) is 5.91 Å². The topological polar surface area (TPSA) is 59.2 Å². The highest BCUT2D eigenvalue weighted by Crippen LogP contribution is 2.23. The molecule has 0 radical (unpaired) electrons. The van der Waals surface area contributed by atoms with Crippen LogP contribution >= 0.6 is 0 Å². The highest BCUT2D eigenvalue weighted by molar-refractivity contribution is 5.94. The van der Waals surface area contributed by atoms with E-state index in [1.165, 1.54) is 19.3 Å². The van der Waals surface area contributed by atoms with Crippen LogP contribution in [-0.2, 0) is 6.54 Å². The average molecular weight is 261 g/mol. The van der Waals surface area contributed by atoms with Gasteiger partial charge in [0.1, 0.15) is 0 Å². The van der Waals surface area contributed by atoms with Gasteiger partial charge in [-0.3, -0.25) is 9.78 Å². The predicted molar refractivity (Wildman–Crippen MR) is 75.7 cm³/mol. The fourth-order valence-corrected chi connectivity index (χ4v) is 2.85. The third-order valence-corrected chi connectivity index (χ3v) is 3.89. The molecule has 0 atom stereocenters. The number of hydrogen-bond acceptors (Lipinski definition) is 3. The summed E-state index contributed by atoms with van der Waals surface area (Å²) in [6.45, 7) is 3.19. The van der Waals surface area contributed by atoms with Crippen molar-refractivity contribution in [1.82, 2.24) is 9.88 Å². The summed E-state index contributed by atoms with van der Waals surface area (Å²) in [6, 6.07) is 4.00. The summed E-state index contributed by atoms with van der Waals surface area (Å²) in [5.41, 5.74) is 7.06. The first-order valence-corrected chi connectivity index (χ1v) is 7.22. The lowest BCUT2D eigenvalue weighted by atomic mass is 9.93. The second kappa shape index (κ2) is 6.66. The Kier molecular flexibility index (Phi) is 4.91. The van der Waals surface area contributed by atoms with E-state index in [0.29, 0.717) is 18.2 Å². The second-order valence-corrected chi connectivity index (χ2v) is 5.12. The van der Waals surface area contributed by atoms with E-state index in [1.807, 2.05) is 11.0 Å². The maximum atomic E-state index is 12.6. The fraction of sp³-hybridized carbons (Fsp3) is 0.600. The standard InChI is InChI=1S/C15H23N3O/c1-2-18(14-6-4-3-5-7-14)15(19)12-8-9-17-13(10-12)11-16/h8-10,14H,2-7,11,16H2,1H3. The number of aromatic nitrogens is 1. The van der Waals surface area contributed by atoms with Crippen LogP contribution in [-0.4, -0.2) is 28.4 Å². The highest BCUT2D eigenvalue weighted by atomic mass is 16.2. The molecule has 0 bridgehead atoms. The van der Waals surface area contributed by atoms with Crippen molar-refractivity contribution in [3.8, 4) is 0 Å². The number of hydrogen-bond donors (Lipinski definition) is 1. The van der Waals surface area contributed by atoms with Gasteiger partial charge in [-0.25, -0.2) is 0 Å². The molecule has 0 aliphatic heterocycles. The summed E-state index contributed by atoms with van der Waals surface area (Å²) >= 11 is 0. The summed E-state index contributed by atoms with van der Waals surface area (Å²) in [6.07, 6.45) is 7.71. The molecule has 0 unspecified atom stereocenters. The van der Waals surface area contributed by atoms with Gasteiger partial charge in [-0.05, 0) is 31.9 Å². The number of rotatable bonds is 4. The minimum Gasteiger partial charge on any atom is -0.336 e. The quantitative estimate of drug-likeness (QED) is 0.905. The van der Waals surface area contributed by atoms with Crippen LogP contribution in [0.5, 0.6) is 0 Å². The first kappa shape index (κ1) is 14.0. The zero-order valence-corrected chi connectivity index (χ0v) is 11.6. The number of carbonyl (C=O) groups is 1. The number of carbonyl (C=O) groups excluding carboxylic acids is 1. The van der Waals surface area contributed by atoms with Crippen molar-refractivity contribution in [1.29, 1.82) is 0 Å². The Labute approximate surface area is 115 Å². The molecule has 1 heterocycles. The number of nitrogens with two attached hydrogens (primary N) is 1. The molecule has 1 aromatic rings. The fourth-order valence-electron chi connectivity index (χ4n) is 2.85. The lowest BCUT2D eigenvalue weighted by molar-refractivity contribution is 0.0647. The molecule has 2 rings (SSSR count). The molecule has 4 nitrogen and oxygen atoms in total. The summed E-state index contributed by atoms with van der Waals surface area (Å²) in [7, 11) is 0. The minimum atomic E-state index is 0.117. The van der Waals surface area contributed by atoms with Crippen LogP contribution in [0.2, 0.25) is 0 Å². The third-order valence-electron chi connectivity index (χ3n) is 3.89. The largest absolute Gasteiger partial charge is 0.336 e. The zero-order valence-electron chi connectivity index (χ0n) is 11.6. The van der Waals surface area contributed by atoms with Crippen molar-refractivity contribution >= 4 is 5.91 Å². The van der Waals surface area contributed by atoms with Crippen LogP contribution in [0.1, 0.15) is 55.1 Å². The Morgan fingerprint density at radius 1 is 1.42 bits per heavy atom. The summed E-state index contributed by atoms with van der Waals surface area (Å²) in [4.78, 5) is 18.8. The Balaban J connectivity index is 2.14. The predicted octanol–water partition coefficient (Wildman–Crippen LogP) is 2.34. The number of nitrogens with zero attached hydrogens (tertiary/aromatic N) is 2. The van der Waals surface area contributed by atoms with Gasteiger partial charge in [0.25, 0.3) is 5.91 Å². The molecule has 4 heteroatoms. The van der Waals surface area contributed by atoms with Gasteiger partial charge in [-0.2, -0.15) is 0 Å². The van der Waals surface area contributed by atoms with Crippen LogP contribution in [0, 0.1) is 0 Å². The van der Waals surface area contributed by atoms with E-state index in [2.05, 4.69) is 11.9 Å². The molecule has 1 aliphatic rings. The maximum Gasteiger partial charge on any atom is 0.254 e. The minimum absolute atomic E-state index is 0.117. The van der Waals surface area contributed by atoms with E-state index >= 15 is 0 Å². The SMILES string of the molecule is CCN(C(=O)c1ccnc(CN)c1)C1CCCCC1. The monoisotopic (exact) mass is 261 g/mol. The Morgan fingerprint density at radius 3 is 2.79 bits per heavy atom. The molecule has 0 saturated heterocycles. The molecule has 2 N–H and O–H groups in total. The molecule has 1 saturated carbocycles. The van der Waals surface area contributed by atoms with E-state index in [0.717, 1.165) is 25.1 Å². The first-order chi connectivity index (χ1) is 9.26. The molecule has 1 amide bonds. The van der Waals surface area contributed by atoms with E-state index in [9.17, 15) is 4.79 Å². The smallest absolute Gasteiger partial charge is 0.254 e. The Morgan fingerprint density at radius 2 is 2.16 bits per heavy atom. The van der Waals surface area contributed by atoms with Gasteiger partial charge in [0.05, 0.1) is 5.69 Å². The van der Waals surface area contributed by atoms with Crippen molar-refractivity contribution in [3.05, 3.63) is 29.6 Å². The highest BCUT2D eigenvalue weighted by Gasteiger charge is 2.24. The molecular formula is C15H23N3O. The molecule has 19 heavy (non-hydrogen) atoms. The summed E-state index contributed by atoms with van der Waals surface area (Å²) < 4.78 is 0. The molecule has 1 fully saturated rings. The van der Waals surface area contributed by atoms with Crippen molar-refractivity contribution < 1.29 is 4.79 Å². The zero-order chi connectivity index (χ0) is 13.7. The second-order valence-electron chi connectivity index (χ2n) is 5.12. The molecular weight excluding hydrogens is 238 g/mol. The van der Waals surface area contributed by atoms with Crippen molar-refractivity contribution in [2.45, 2.75) is 51.6 Å². The van der Waals surface area contributed by atoms with Gasteiger partial charge in [0, 0.05) is 30.9 Å². The molecule has 0 spiro atoms. The van der Waals surface area contributed by atoms with Gasteiger partial charge in [0.2, 0.25) is 0 Å². The van der Waals surface area contributed by atoms with Gasteiger partial charge in [0.15, 0.2) is 0 Å². The lowest BCUT2D eigenvalue weighted by Crippen LogP contribution is -2.41. The van der Waals surface area contributed by atoms with E-state index < -0.39 is 0 Å². The summed E-state index contributed by atoms with van der Waals surface area (Å²) in [5.74, 6) is 0.117. The first-order valence-electron chi connectivity index (χ1n) is 7.22. The molecule has 104 valence electrons. The Hall–Kier alpha value is -1.42.